The van der Waals surface area contributed by atoms with Gasteiger partial charge in [-0.2, -0.15) is 0 Å². The number of benzene rings is 1. The van der Waals surface area contributed by atoms with E-state index in [-0.39, 0.29) is 11.9 Å². The molecule has 17 heavy (non-hydrogen) atoms. The van der Waals surface area contributed by atoms with E-state index in [1.807, 2.05) is 6.07 Å². The van der Waals surface area contributed by atoms with E-state index in [0.29, 0.717) is 6.04 Å². The molecule has 92 valence electrons. The Kier molecular flexibility index (Phi) is 2.91. The smallest absolute Gasteiger partial charge is 0.123 e. The zero-order chi connectivity index (χ0) is 11.8. The molecule has 0 heterocycles. The van der Waals surface area contributed by atoms with Crippen molar-refractivity contribution in [1.82, 2.24) is 5.32 Å². The minimum atomic E-state index is -0.134. The largest absolute Gasteiger partial charge is 0.307 e. The lowest BCUT2D eigenvalue weighted by Gasteiger charge is -2.23. The van der Waals surface area contributed by atoms with Crippen molar-refractivity contribution >= 4 is 0 Å². The molecule has 2 aliphatic rings. The molecule has 2 heteroatoms. The highest BCUT2D eigenvalue weighted by Gasteiger charge is 2.41. The summed E-state index contributed by atoms with van der Waals surface area (Å²) in [4.78, 5) is 0. The number of halogens is 1. The molecule has 1 N–H and O–H groups in total. The van der Waals surface area contributed by atoms with Crippen molar-refractivity contribution in [3.63, 3.8) is 0 Å². The predicted octanol–water partition coefficient (Wildman–Crippen LogP) is 3.66. The Morgan fingerprint density at radius 2 is 1.82 bits per heavy atom. The minimum Gasteiger partial charge on any atom is -0.307 e. The quantitative estimate of drug-likeness (QED) is 0.818. The Morgan fingerprint density at radius 3 is 2.35 bits per heavy atom. The lowest BCUT2D eigenvalue weighted by molar-refractivity contribution is 0.377. The van der Waals surface area contributed by atoms with Crippen molar-refractivity contribution in [1.29, 1.82) is 0 Å². The monoisotopic (exact) mass is 233 g/mol. The molecular formula is C15H20FN. The highest BCUT2D eigenvalue weighted by atomic mass is 19.1. The lowest BCUT2D eigenvalue weighted by atomic mass is 10.0. The molecule has 0 spiro atoms. The van der Waals surface area contributed by atoms with Gasteiger partial charge in [0.15, 0.2) is 0 Å². The van der Waals surface area contributed by atoms with Crippen molar-refractivity contribution in [2.45, 2.75) is 44.7 Å². The van der Waals surface area contributed by atoms with E-state index < -0.39 is 0 Å². The summed E-state index contributed by atoms with van der Waals surface area (Å²) in [6.45, 7) is 2.15. The van der Waals surface area contributed by atoms with Crippen molar-refractivity contribution < 1.29 is 4.39 Å². The van der Waals surface area contributed by atoms with Crippen LogP contribution < -0.4 is 5.32 Å². The van der Waals surface area contributed by atoms with Gasteiger partial charge in [-0.05, 0) is 62.1 Å². The van der Waals surface area contributed by atoms with E-state index in [9.17, 15) is 4.39 Å². The third-order valence-corrected chi connectivity index (χ3v) is 4.05. The van der Waals surface area contributed by atoms with Crippen molar-refractivity contribution in [2.24, 2.45) is 11.8 Å². The molecule has 2 aliphatic carbocycles. The average molecular weight is 233 g/mol. The summed E-state index contributed by atoms with van der Waals surface area (Å²) in [6.07, 6.45) is 5.52. The van der Waals surface area contributed by atoms with Crippen LogP contribution >= 0.6 is 0 Å². The van der Waals surface area contributed by atoms with E-state index in [1.165, 1.54) is 31.7 Å². The van der Waals surface area contributed by atoms with Gasteiger partial charge in [0.2, 0.25) is 0 Å². The molecule has 1 atom stereocenters. The number of hydrogen-bond donors (Lipinski definition) is 1. The van der Waals surface area contributed by atoms with Crippen molar-refractivity contribution in [2.75, 3.05) is 0 Å². The maximum Gasteiger partial charge on any atom is 0.123 e. The fraction of sp³-hybridized carbons (Fsp3) is 0.600. The van der Waals surface area contributed by atoms with Gasteiger partial charge in [0.05, 0.1) is 0 Å². The Labute approximate surface area is 102 Å². The molecule has 0 bridgehead atoms. The maximum atomic E-state index is 13.2. The first kappa shape index (κ1) is 11.2. The number of hydrogen-bond acceptors (Lipinski definition) is 1. The topological polar surface area (TPSA) is 12.0 Å². The fourth-order valence-electron chi connectivity index (χ4n) is 2.73. The molecular weight excluding hydrogens is 213 g/mol. The molecule has 0 unspecified atom stereocenters. The fourth-order valence-corrected chi connectivity index (χ4v) is 2.73. The molecule has 1 aromatic carbocycles. The maximum absolute atomic E-state index is 13.2. The van der Waals surface area contributed by atoms with Crippen LogP contribution in [-0.4, -0.2) is 6.04 Å². The molecule has 1 aromatic rings. The Bertz CT molecular complexity index is 384. The zero-order valence-corrected chi connectivity index (χ0v) is 10.3. The zero-order valence-electron chi connectivity index (χ0n) is 10.3. The summed E-state index contributed by atoms with van der Waals surface area (Å²) in [5, 5.41) is 3.72. The minimum absolute atomic E-state index is 0.134. The second kappa shape index (κ2) is 4.41. The van der Waals surface area contributed by atoms with Crippen LogP contribution in [0.3, 0.4) is 0 Å². The van der Waals surface area contributed by atoms with Gasteiger partial charge in [-0.3, -0.25) is 0 Å². The molecule has 2 saturated carbocycles. The molecule has 0 amide bonds. The predicted molar refractivity (Wildman–Crippen MR) is 67.2 cm³/mol. The summed E-state index contributed by atoms with van der Waals surface area (Å²) in [6, 6.07) is 7.90. The van der Waals surface area contributed by atoms with Crippen LogP contribution in [0.2, 0.25) is 0 Å². The second-order valence-electron chi connectivity index (χ2n) is 5.64. The van der Waals surface area contributed by atoms with Gasteiger partial charge in [-0.25, -0.2) is 4.39 Å². The Morgan fingerprint density at radius 1 is 1.18 bits per heavy atom. The van der Waals surface area contributed by atoms with E-state index in [2.05, 4.69) is 12.2 Å². The summed E-state index contributed by atoms with van der Waals surface area (Å²) >= 11 is 0. The second-order valence-corrected chi connectivity index (χ2v) is 5.64. The summed E-state index contributed by atoms with van der Waals surface area (Å²) in [5.74, 6) is 1.64. The van der Waals surface area contributed by atoms with Gasteiger partial charge in [0, 0.05) is 12.1 Å². The van der Waals surface area contributed by atoms with Crippen LogP contribution in [0.5, 0.6) is 0 Å². The summed E-state index contributed by atoms with van der Waals surface area (Å²) < 4.78 is 13.2. The molecule has 3 rings (SSSR count). The first-order valence-corrected chi connectivity index (χ1v) is 6.75. The molecule has 0 aliphatic heterocycles. The van der Waals surface area contributed by atoms with Gasteiger partial charge >= 0.3 is 0 Å². The molecule has 0 aromatic heterocycles. The summed E-state index contributed by atoms with van der Waals surface area (Å²) in [7, 11) is 0. The van der Waals surface area contributed by atoms with E-state index in [1.54, 1.807) is 12.1 Å². The third kappa shape index (κ3) is 2.68. The Balaban J connectivity index is 1.66. The summed E-state index contributed by atoms with van der Waals surface area (Å²) in [5.41, 5.74) is 1.07. The number of rotatable bonds is 5. The van der Waals surface area contributed by atoms with E-state index in [0.717, 1.165) is 17.4 Å². The number of nitrogens with one attached hydrogen (secondary N) is 1. The molecule has 0 saturated heterocycles. The first-order valence-electron chi connectivity index (χ1n) is 6.75. The van der Waals surface area contributed by atoms with Crippen molar-refractivity contribution in [3.8, 4) is 0 Å². The van der Waals surface area contributed by atoms with Gasteiger partial charge < -0.3 is 5.32 Å². The van der Waals surface area contributed by atoms with Gasteiger partial charge in [0.25, 0.3) is 0 Å². The first-order chi connectivity index (χ1) is 8.24. The molecule has 0 radical (unpaired) electrons. The van der Waals surface area contributed by atoms with Gasteiger partial charge in [-0.1, -0.05) is 12.1 Å². The van der Waals surface area contributed by atoms with Gasteiger partial charge in [-0.15, -0.1) is 0 Å². The van der Waals surface area contributed by atoms with Crippen molar-refractivity contribution in [3.05, 3.63) is 35.6 Å². The van der Waals surface area contributed by atoms with Gasteiger partial charge in [0.1, 0.15) is 5.82 Å². The standard InChI is InChI=1S/C15H20FN/c1-10(13-3-2-4-14(16)9-13)17-15(11-5-6-11)12-7-8-12/h2-4,9-12,15,17H,5-8H2,1H3/t10-/m0/s1. The molecule has 1 nitrogen and oxygen atoms in total. The van der Waals surface area contributed by atoms with Crippen LogP contribution in [0.4, 0.5) is 4.39 Å². The third-order valence-electron chi connectivity index (χ3n) is 4.05. The average Bonchev–Trinajstić information content (AvgIpc) is 3.16. The van der Waals surface area contributed by atoms with Crippen LogP contribution in [0.1, 0.15) is 44.2 Å². The van der Waals surface area contributed by atoms with Crippen LogP contribution in [0.25, 0.3) is 0 Å². The van der Waals surface area contributed by atoms with E-state index in [4.69, 9.17) is 0 Å². The Hall–Kier alpha value is -0.890. The normalized spacial score (nSPS) is 21.8. The highest BCUT2D eigenvalue weighted by Crippen LogP contribution is 2.45. The van der Waals surface area contributed by atoms with E-state index >= 15 is 0 Å². The van der Waals surface area contributed by atoms with Crippen LogP contribution in [0.15, 0.2) is 24.3 Å². The lowest BCUT2D eigenvalue weighted by Crippen LogP contribution is -2.35. The molecule has 2 fully saturated rings. The highest BCUT2D eigenvalue weighted by molar-refractivity contribution is 5.20. The van der Waals surface area contributed by atoms with Crippen LogP contribution in [0, 0.1) is 17.7 Å². The SMILES string of the molecule is C[C@H](NC(C1CC1)C1CC1)c1cccc(F)c1. The van der Waals surface area contributed by atoms with Crippen LogP contribution in [-0.2, 0) is 0 Å².